The molecule has 0 spiro atoms. The minimum atomic E-state index is 0.794. The molecule has 0 saturated carbocycles. The van der Waals surface area contributed by atoms with E-state index in [0.29, 0.717) is 0 Å². The first-order chi connectivity index (χ1) is 13.7. The second kappa shape index (κ2) is 8.04. The van der Waals surface area contributed by atoms with E-state index in [4.69, 9.17) is 4.74 Å². The van der Waals surface area contributed by atoms with E-state index < -0.39 is 0 Å². The summed E-state index contributed by atoms with van der Waals surface area (Å²) in [7, 11) is 1.70. The van der Waals surface area contributed by atoms with Crippen LogP contribution in [0.2, 0.25) is 0 Å². The third-order valence-electron chi connectivity index (χ3n) is 5.28. The molecule has 1 aliphatic heterocycles. The highest BCUT2D eigenvalue weighted by molar-refractivity contribution is 5.64. The van der Waals surface area contributed by atoms with Gasteiger partial charge in [0.1, 0.15) is 5.75 Å². The number of rotatable bonds is 7. The van der Waals surface area contributed by atoms with Crippen molar-refractivity contribution in [3.8, 4) is 22.8 Å². The van der Waals surface area contributed by atoms with E-state index in [9.17, 15) is 0 Å². The van der Waals surface area contributed by atoms with E-state index in [2.05, 4.69) is 43.7 Å². The Morgan fingerprint density at radius 3 is 2.79 bits per heavy atom. The largest absolute Gasteiger partial charge is 0.495 e. The lowest BCUT2D eigenvalue weighted by Gasteiger charge is -2.28. The van der Waals surface area contributed by atoms with Gasteiger partial charge in [-0.25, -0.2) is 4.98 Å². The second-order valence-corrected chi connectivity index (χ2v) is 7.33. The molecule has 2 aromatic heterocycles. The molecule has 3 heterocycles. The lowest BCUT2D eigenvalue weighted by atomic mass is 10.1. The van der Waals surface area contributed by atoms with E-state index in [-0.39, 0.29) is 0 Å². The Balaban J connectivity index is 1.65. The number of hydrogen-bond acceptors (Lipinski definition) is 5. The van der Waals surface area contributed by atoms with Gasteiger partial charge in [0, 0.05) is 31.4 Å². The lowest BCUT2D eigenvalue weighted by molar-refractivity contribution is 0.413. The molecule has 1 aromatic carbocycles. The Bertz CT molecular complexity index is 944. The van der Waals surface area contributed by atoms with Gasteiger partial charge in [0.2, 0.25) is 5.95 Å². The number of aromatic nitrogens is 5. The van der Waals surface area contributed by atoms with Crippen LogP contribution < -0.4 is 9.64 Å². The minimum absolute atomic E-state index is 0.794. The van der Waals surface area contributed by atoms with Crippen LogP contribution in [0.15, 0.2) is 30.7 Å². The van der Waals surface area contributed by atoms with Crippen LogP contribution in [0.25, 0.3) is 17.1 Å². The number of hydrogen-bond donors (Lipinski definition) is 0. The van der Waals surface area contributed by atoms with Crippen molar-refractivity contribution in [1.82, 2.24) is 24.3 Å². The molecule has 0 bridgehead atoms. The maximum atomic E-state index is 5.66. The van der Waals surface area contributed by atoms with Crippen LogP contribution >= 0.6 is 0 Å². The van der Waals surface area contributed by atoms with E-state index in [1.54, 1.807) is 13.4 Å². The molecule has 3 aromatic rings. The van der Waals surface area contributed by atoms with E-state index in [1.165, 1.54) is 19.3 Å². The summed E-state index contributed by atoms with van der Waals surface area (Å²) in [5.74, 6) is 2.69. The summed E-state index contributed by atoms with van der Waals surface area (Å²) in [6, 6.07) is 6.18. The number of unbranched alkanes of at least 4 members (excludes halogenated alkanes) is 2. The number of benzene rings is 1. The van der Waals surface area contributed by atoms with Crippen molar-refractivity contribution in [2.75, 3.05) is 25.1 Å². The number of aryl methyl sites for hydroxylation is 1. The summed E-state index contributed by atoms with van der Waals surface area (Å²) < 4.78 is 9.88. The van der Waals surface area contributed by atoms with Crippen molar-refractivity contribution in [3.63, 3.8) is 0 Å². The Kier molecular flexibility index (Phi) is 5.32. The Labute approximate surface area is 166 Å². The minimum Gasteiger partial charge on any atom is -0.495 e. The van der Waals surface area contributed by atoms with Crippen LogP contribution in [0.4, 0.5) is 5.95 Å². The molecule has 28 heavy (non-hydrogen) atoms. The van der Waals surface area contributed by atoms with Gasteiger partial charge in [-0.1, -0.05) is 19.8 Å². The van der Waals surface area contributed by atoms with Gasteiger partial charge < -0.3 is 14.2 Å². The maximum Gasteiger partial charge on any atom is 0.227 e. The van der Waals surface area contributed by atoms with Crippen LogP contribution in [0, 0.1) is 6.92 Å². The zero-order valence-corrected chi connectivity index (χ0v) is 16.9. The quantitative estimate of drug-likeness (QED) is 0.583. The fraction of sp³-hybridized carbons (Fsp3) is 0.476. The average molecular weight is 380 g/mol. The molecular weight excluding hydrogens is 352 g/mol. The van der Waals surface area contributed by atoms with Gasteiger partial charge in [0.25, 0.3) is 0 Å². The zero-order valence-electron chi connectivity index (χ0n) is 16.9. The van der Waals surface area contributed by atoms with Crippen molar-refractivity contribution >= 4 is 5.95 Å². The molecule has 148 valence electrons. The highest BCUT2D eigenvalue weighted by atomic mass is 16.5. The average Bonchev–Trinajstić information content (AvgIpc) is 3.34. The zero-order chi connectivity index (χ0) is 19.5. The predicted octanol–water partition coefficient (Wildman–Crippen LogP) is 3.85. The van der Waals surface area contributed by atoms with Crippen LogP contribution in [0.3, 0.4) is 0 Å². The summed E-state index contributed by atoms with van der Waals surface area (Å²) in [5.41, 5.74) is 2.96. The summed E-state index contributed by atoms with van der Waals surface area (Å²) >= 11 is 0. The number of anilines is 1. The van der Waals surface area contributed by atoms with Crippen molar-refractivity contribution in [1.29, 1.82) is 0 Å². The molecule has 0 radical (unpaired) electrons. The standard InChI is InChI=1S/C21H28N6O/c1-4-5-6-10-25-11-7-12-27-20(23-24-21(25)27)17-8-9-18(19(13-17)28-3)26-14-16(2)22-15-26/h8-9,13-15H,4-7,10-12H2,1-3H3. The van der Waals surface area contributed by atoms with Gasteiger partial charge in [-0.2, -0.15) is 0 Å². The summed E-state index contributed by atoms with van der Waals surface area (Å²) in [5, 5.41) is 9.04. The third-order valence-corrected chi connectivity index (χ3v) is 5.28. The molecule has 7 heteroatoms. The van der Waals surface area contributed by atoms with E-state index in [0.717, 1.165) is 60.5 Å². The lowest BCUT2D eigenvalue weighted by Crippen LogP contribution is -2.33. The number of ether oxygens (including phenoxy) is 1. The summed E-state index contributed by atoms with van der Waals surface area (Å²) in [4.78, 5) is 6.68. The van der Waals surface area contributed by atoms with Crippen molar-refractivity contribution in [2.45, 2.75) is 46.1 Å². The number of imidazole rings is 1. The molecule has 0 N–H and O–H groups in total. The molecule has 7 nitrogen and oxygen atoms in total. The Hall–Kier alpha value is -2.83. The number of methoxy groups -OCH3 is 1. The first-order valence-electron chi connectivity index (χ1n) is 10.1. The molecular formula is C21H28N6O. The maximum absolute atomic E-state index is 5.66. The van der Waals surface area contributed by atoms with Crippen LogP contribution in [0.1, 0.15) is 38.3 Å². The van der Waals surface area contributed by atoms with Gasteiger partial charge in [-0.05, 0) is 38.0 Å². The highest BCUT2D eigenvalue weighted by Gasteiger charge is 2.23. The van der Waals surface area contributed by atoms with E-state index in [1.807, 2.05) is 23.8 Å². The van der Waals surface area contributed by atoms with Gasteiger partial charge in [0.05, 0.1) is 24.8 Å². The molecule has 0 atom stereocenters. The van der Waals surface area contributed by atoms with Crippen molar-refractivity contribution in [2.24, 2.45) is 0 Å². The smallest absolute Gasteiger partial charge is 0.227 e. The van der Waals surface area contributed by atoms with Crippen LogP contribution in [-0.4, -0.2) is 44.5 Å². The first kappa shape index (κ1) is 18.5. The fourth-order valence-corrected chi connectivity index (χ4v) is 3.82. The Morgan fingerprint density at radius 1 is 1.14 bits per heavy atom. The summed E-state index contributed by atoms with van der Waals surface area (Å²) in [6.07, 6.45) is 8.60. The van der Waals surface area contributed by atoms with Crippen LogP contribution in [0.5, 0.6) is 5.75 Å². The Morgan fingerprint density at radius 2 is 2.04 bits per heavy atom. The van der Waals surface area contributed by atoms with Gasteiger partial charge in [-0.3, -0.25) is 4.57 Å². The normalized spacial score (nSPS) is 13.6. The molecule has 0 amide bonds. The van der Waals surface area contributed by atoms with Crippen molar-refractivity contribution < 1.29 is 4.74 Å². The number of nitrogens with zero attached hydrogens (tertiary/aromatic N) is 6. The molecule has 4 rings (SSSR count). The third kappa shape index (κ3) is 3.48. The molecule has 0 saturated heterocycles. The van der Waals surface area contributed by atoms with Gasteiger partial charge in [0.15, 0.2) is 5.82 Å². The fourth-order valence-electron chi connectivity index (χ4n) is 3.82. The monoisotopic (exact) mass is 380 g/mol. The predicted molar refractivity (Wildman–Crippen MR) is 110 cm³/mol. The number of fused-ring (bicyclic) bond motifs is 1. The topological polar surface area (TPSA) is 61.0 Å². The van der Waals surface area contributed by atoms with Crippen LogP contribution in [-0.2, 0) is 6.54 Å². The van der Waals surface area contributed by atoms with E-state index >= 15 is 0 Å². The van der Waals surface area contributed by atoms with Gasteiger partial charge in [-0.15, -0.1) is 10.2 Å². The molecule has 0 aliphatic carbocycles. The molecule has 1 aliphatic rings. The second-order valence-electron chi connectivity index (χ2n) is 7.33. The summed E-state index contributed by atoms with van der Waals surface area (Å²) in [6.45, 7) is 7.27. The molecule has 0 fully saturated rings. The van der Waals surface area contributed by atoms with Gasteiger partial charge >= 0.3 is 0 Å². The van der Waals surface area contributed by atoms with Crippen molar-refractivity contribution in [3.05, 3.63) is 36.4 Å². The highest BCUT2D eigenvalue weighted by Crippen LogP contribution is 2.32. The molecule has 0 unspecified atom stereocenters. The SMILES string of the molecule is CCCCCN1CCCn2c(-c3ccc(-n4cnc(C)c4)c(OC)c3)nnc21. The first-order valence-corrected chi connectivity index (χ1v) is 10.1.